The van der Waals surface area contributed by atoms with Gasteiger partial charge in [-0.2, -0.15) is 0 Å². The van der Waals surface area contributed by atoms with Crippen molar-refractivity contribution in [2.45, 2.75) is 30.7 Å². The van der Waals surface area contributed by atoms with E-state index in [-0.39, 0.29) is 30.7 Å². The van der Waals surface area contributed by atoms with Crippen molar-refractivity contribution in [1.29, 1.82) is 0 Å². The standard InChI is InChI=1S/C9H16O5/c1-10-6-5-4-13-9(14-5)8(12-3)7(6)11-2/h5-9H,4H2,1-3H3/t5-,6-,7+,8-,9+/m1/s1. The van der Waals surface area contributed by atoms with Crippen LogP contribution in [-0.2, 0) is 23.7 Å². The van der Waals surface area contributed by atoms with E-state index in [1.165, 1.54) is 0 Å². The molecule has 14 heavy (non-hydrogen) atoms. The van der Waals surface area contributed by atoms with E-state index in [2.05, 4.69) is 0 Å². The van der Waals surface area contributed by atoms with Crippen LogP contribution in [0.2, 0.25) is 0 Å². The van der Waals surface area contributed by atoms with Gasteiger partial charge in [-0.1, -0.05) is 0 Å². The van der Waals surface area contributed by atoms with E-state index in [0.29, 0.717) is 6.61 Å². The summed E-state index contributed by atoms with van der Waals surface area (Å²) in [5, 5.41) is 0. The van der Waals surface area contributed by atoms with Crippen LogP contribution in [0.3, 0.4) is 0 Å². The first-order chi connectivity index (χ1) is 6.81. The van der Waals surface area contributed by atoms with Crippen molar-refractivity contribution in [2.24, 2.45) is 0 Å². The van der Waals surface area contributed by atoms with Crippen molar-refractivity contribution in [2.75, 3.05) is 27.9 Å². The summed E-state index contributed by atoms with van der Waals surface area (Å²) in [6.07, 6.45) is -0.827. The fraction of sp³-hybridized carbons (Fsp3) is 1.00. The maximum absolute atomic E-state index is 5.58. The van der Waals surface area contributed by atoms with Crippen molar-refractivity contribution in [3.8, 4) is 0 Å². The predicted molar refractivity (Wildman–Crippen MR) is 47.0 cm³/mol. The largest absolute Gasteiger partial charge is 0.376 e. The second-order valence-corrected chi connectivity index (χ2v) is 3.48. The van der Waals surface area contributed by atoms with Gasteiger partial charge in [0.1, 0.15) is 24.4 Å². The summed E-state index contributed by atoms with van der Waals surface area (Å²) in [4.78, 5) is 0. The quantitative estimate of drug-likeness (QED) is 0.636. The third-order valence-corrected chi connectivity index (χ3v) is 2.83. The molecule has 0 N–H and O–H groups in total. The fourth-order valence-corrected chi connectivity index (χ4v) is 2.14. The number of rotatable bonds is 3. The zero-order chi connectivity index (χ0) is 10.1. The molecule has 5 nitrogen and oxygen atoms in total. The van der Waals surface area contributed by atoms with Gasteiger partial charge in [-0.3, -0.25) is 0 Å². The number of fused-ring (bicyclic) bond motifs is 2. The molecule has 0 radical (unpaired) electrons. The highest BCUT2D eigenvalue weighted by molar-refractivity contribution is 4.95. The molecule has 0 saturated carbocycles. The smallest absolute Gasteiger partial charge is 0.187 e. The van der Waals surface area contributed by atoms with Gasteiger partial charge >= 0.3 is 0 Å². The van der Waals surface area contributed by atoms with Gasteiger partial charge < -0.3 is 23.7 Å². The lowest BCUT2D eigenvalue weighted by atomic mass is 10.0. The Morgan fingerprint density at radius 2 is 1.57 bits per heavy atom. The van der Waals surface area contributed by atoms with Crippen LogP contribution >= 0.6 is 0 Å². The summed E-state index contributed by atoms with van der Waals surface area (Å²) >= 11 is 0. The maximum atomic E-state index is 5.58. The molecule has 2 aliphatic heterocycles. The monoisotopic (exact) mass is 204 g/mol. The van der Waals surface area contributed by atoms with Gasteiger partial charge in [0, 0.05) is 21.3 Å². The predicted octanol–water partition coefficient (Wildman–Crippen LogP) is -0.214. The molecule has 5 heteroatoms. The third kappa shape index (κ3) is 1.45. The molecule has 0 aromatic rings. The van der Waals surface area contributed by atoms with Crippen LogP contribution in [0.25, 0.3) is 0 Å². The molecule has 2 aliphatic rings. The first kappa shape index (κ1) is 10.3. The van der Waals surface area contributed by atoms with Crippen LogP contribution in [0.1, 0.15) is 0 Å². The Morgan fingerprint density at radius 3 is 2.14 bits per heavy atom. The molecule has 2 heterocycles. The molecule has 82 valence electrons. The SMILES string of the molecule is CO[C@@H]1[C@@H](OC)[C@H]2OC[C@@H](O2)[C@H]1OC. The van der Waals surface area contributed by atoms with Gasteiger partial charge in [0.15, 0.2) is 6.29 Å². The van der Waals surface area contributed by atoms with Crippen molar-refractivity contribution in [3.05, 3.63) is 0 Å². The van der Waals surface area contributed by atoms with Crippen LogP contribution in [-0.4, -0.2) is 58.6 Å². The Labute approximate surface area is 83.2 Å². The number of hydrogen-bond acceptors (Lipinski definition) is 5. The minimum absolute atomic E-state index is 0.0404. The topological polar surface area (TPSA) is 46.2 Å². The van der Waals surface area contributed by atoms with Gasteiger partial charge in [0.05, 0.1) is 6.61 Å². The average molecular weight is 204 g/mol. The number of hydrogen-bond donors (Lipinski definition) is 0. The summed E-state index contributed by atoms with van der Waals surface area (Å²) in [6.45, 7) is 0.545. The van der Waals surface area contributed by atoms with E-state index >= 15 is 0 Å². The van der Waals surface area contributed by atoms with E-state index in [4.69, 9.17) is 23.7 Å². The highest BCUT2D eigenvalue weighted by Gasteiger charge is 2.51. The lowest BCUT2D eigenvalue weighted by molar-refractivity contribution is -0.246. The summed E-state index contributed by atoms with van der Waals surface area (Å²) < 4.78 is 27.0. The molecule has 0 aliphatic carbocycles. The highest BCUT2D eigenvalue weighted by Crippen LogP contribution is 2.32. The van der Waals surface area contributed by atoms with Crippen LogP contribution < -0.4 is 0 Å². The van der Waals surface area contributed by atoms with E-state index < -0.39 is 0 Å². The van der Waals surface area contributed by atoms with Gasteiger partial charge in [0.2, 0.25) is 0 Å². The first-order valence-corrected chi connectivity index (χ1v) is 4.67. The summed E-state index contributed by atoms with van der Waals surface area (Å²) in [5.41, 5.74) is 0. The molecule has 5 atom stereocenters. The normalized spacial score (nSPS) is 46.9. The Morgan fingerprint density at radius 1 is 0.929 bits per heavy atom. The second kappa shape index (κ2) is 4.12. The molecule has 0 aromatic heterocycles. The maximum Gasteiger partial charge on any atom is 0.187 e. The lowest BCUT2D eigenvalue weighted by Gasteiger charge is -2.38. The average Bonchev–Trinajstić information content (AvgIpc) is 2.63. The van der Waals surface area contributed by atoms with Gasteiger partial charge in [-0.15, -0.1) is 0 Å². The number of methoxy groups -OCH3 is 3. The molecule has 2 bridgehead atoms. The Balaban J connectivity index is 2.16. The highest BCUT2D eigenvalue weighted by atomic mass is 16.8. The zero-order valence-corrected chi connectivity index (χ0v) is 8.64. The summed E-state index contributed by atoms with van der Waals surface area (Å²) in [5.74, 6) is 0. The van der Waals surface area contributed by atoms with Crippen molar-refractivity contribution < 1.29 is 23.7 Å². The van der Waals surface area contributed by atoms with Gasteiger partial charge in [0.25, 0.3) is 0 Å². The molecule has 0 unspecified atom stereocenters. The molecule has 2 saturated heterocycles. The van der Waals surface area contributed by atoms with Crippen LogP contribution in [0.15, 0.2) is 0 Å². The van der Waals surface area contributed by atoms with Gasteiger partial charge in [-0.05, 0) is 0 Å². The first-order valence-electron chi connectivity index (χ1n) is 4.67. The molecule has 0 aromatic carbocycles. The Kier molecular flexibility index (Phi) is 3.04. The second-order valence-electron chi connectivity index (χ2n) is 3.48. The van der Waals surface area contributed by atoms with E-state index in [1.54, 1.807) is 21.3 Å². The van der Waals surface area contributed by atoms with Crippen LogP contribution in [0.4, 0.5) is 0 Å². The summed E-state index contributed by atoms with van der Waals surface area (Å²) in [7, 11) is 4.91. The Bertz CT molecular complexity index is 180. The van der Waals surface area contributed by atoms with Gasteiger partial charge in [-0.25, -0.2) is 0 Å². The summed E-state index contributed by atoms with van der Waals surface area (Å²) in [6, 6.07) is 0. The van der Waals surface area contributed by atoms with E-state index in [0.717, 1.165) is 0 Å². The number of ether oxygens (including phenoxy) is 5. The molecule has 2 fully saturated rings. The van der Waals surface area contributed by atoms with E-state index in [1.807, 2.05) is 0 Å². The minimum atomic E-state index is -0.318. The van der Waals surface area contributed by atoms with Crippen molar-refractivity contribution in [1.82, 2.24) is 0 Å². The van der Waals surface area contributed by atoms with Crippen molar-refractivity contribution in [3.63, 3.8) is 0 Å². The Hall–Kier alpha value is -0.200. The van der Waals surface area contributed by atoms with Crippen LogP contribution in [0.5, 0.6) is 0 Å². The molecule has 0 amide bonds. The lowest BCUT2D eigenvalue weighted by Crippen LogP contribution is -2.56. The zero-order valence-electron chi connectivity index (χ0n) is 8.64. The van der Waals surface area contributed by atoms with Crippen LogP contribution in [0, 0.1) is 0 Å². The third-order valence-electron chi connectivity index (χ3n) is 2.83. The van der Waals surface area contributed by atoms with E-state index in [9.17, 15) is 0 Å². The molecule has 0 spiro atoms. The van der Waals surface area contributed by atoms with Crippen molar-refractivity contribution >= 4 is 0 Å². The molecular weight excluding hydrogens is 188 g/mol. The fourth-order valence-electron chi connectivity index (χ4n) is 2.14. The molecule has 2 rings (SSSR count). The minimum Gasteiger partial charge on any atom is -0.376 e. The molecular formula is C9H16O5.